The zero-order valence-electron chi connectivity index (χ0n) is 13.9. The van der Waals surface area contributed by atoms with Crippen LogP contribution in [0.4, 0.5) is 5.82 Å². The molecule has 0 aliphatic heterocycles. The molecule has 0 spiro atoms. The average molecular weight is 336 g/mol. The van der Waals surface area contributed by atoms with Crippen LogP contribution in [0.15, 0.2) is 28.3 Å². The lowest BCUT2D eigenvalue weighted by molar-refractivity contribution is -0.127. The van der Waals surface area contributed by atoms with Crippen molar-refractivity contribution in [3.05, 3.63) is 39.4 Å². The molecule has 0 bridgehead atoms. The summed E-state index contributed by atoms with van der Waals surface area (Å²) in [5.41, 5.74) is -0.615. The van der Waals surface area contributed by atoms with Gasteiger partial charge in [-0.1, -0.05) is 0 Å². The number of ketones is 1. The first kappa shape index (κ1) is 18.9. The van der Waals surface area contributed by atoms with Gasteiger partial charge in [0.25, 0.3) is 5.91 Å². The number of carbonyl (C=O) groups excluding carboxylic acids is 3. The Labute approximate surface area is 138 Å². The molecule has 1 heterocycles. The summed E-state index contributed by atoms with van der Waals surface area (Å²) in [6, 6.07) is 1.97. The van der Waals surface area contributed by atoms with E-state index in [1.54, 1.807) is 13.8 Å². The first-order valence-corrected chi connectivity index (χ1v) is 7.12. The highest BCUT2D eigenvalue weighted by Crippen LogP contribution is 2.13. The van der Waals surface area contributed by atoms with Crippen LogP contribution >= 0.6 is 0 Å². The van der Waals surface area contributed by atoms with Gasteiger partial charge in [-0.2, -0.15) is 4.73 Å². The lowest BCUT2D eigenvalue weighted by Crippen LogP contribution is -2.29. The Morgan fingerprint density at radius 3 is 2.46 bits per heavy atom. The van der Waals surface area contributed by atoms with Gasteiger partial charge in [0.15, 0.2) is 23.2 Å². The number of carbonyl (C=O) groups is 3. The van der Waals surface area contributed by atoms with E-state index >= 15 is 0 Å². The molecular formula is C15H20N4O5. The first-order valence-electron chi connectivity index (χ1n) is 7.12. The van der Waals surface area contributed by atoms with E-state index in [4.69, 9.17) is 0 Å². The summed E-state index contributed by atoms with van der Waals surface area (Å²) in [5, 5.41) is 15.6. The lowest BCUT2D eigenvalue weighted by atomic mass is 10.2. The second-order valence-corrected chi connectivity index (χ2v) is 5.11. The van der Waals surface area contributed by atoms with Crippen LogP contribution in [0, 0.1) is 0 Å². The molecule has 0 aliphatic rings. The number of rotatable bonds is 7. The molecule has 1 rings (SSSR count). The molecule has 9 nitrogen and oxygen atoms in total. The first-order chi connectivity index (χ1) is 11.2. The quantitative estimate of drug-likeness (QED) is 0.273. The molecule has 1 aromatic rings. The third kappa shape index (κ3) is 4.22. The largest absolute Gasteiger partial charge is 0.426 e. The summed E-state index contributed by atoms with van der Waals surface area (Å²) in [4.78, 5) is 47.6. The van der Waals surface area contributed by atoms with Crippen molar-refractivity contribution >= 4 is 23.8 Å². The third-order valence-corrected chi connectivity index (χ3v) is 3.06. The molecule has 9 heteroatoms. The highest BCUT2D eigenvalue weighted by atomic mass is 16.5. The van der Waals surface area contributed by atoms with E-state index < -0.39 is 17.1 Å². The van der Waals surface area contributed by atoms with Gasteiger partial charge in [-0.15, -0.1) is 0 Å². The normalized spacial score (nSPS) is 11.3. The van der Waals surface area contributed by atoms with Crippen molar-refractivity contribution in [2.45, 2.75) is 13.8 Å². The Kier molecular flexibility index (Phi) is 6.28. The Morgan fingerprint density at radius 2 is 1.96 bits per heavy atom. The highest BCUT2D eigenvalue weighted by molar-refractivity contribution is 6.34. The molecule has 1 aromatic heterocycles. The smallest absolute Gasteiger partial charge is 0.273 e. The maximum absolute atomic E-state index is 12.0. The third-order valence-electron chi connectivity index (χ3n) is 3.06. The molecule has 1 amide bonds. The molecule has 0 aliphatic carbocycles. The summed E-state index contributed by atoms with van der Waals surface area (Å²) in [7, 11) is 2.92. The number of aromatic nitrogens is 1. The summed E-state index contributed by atoms with van der Waals surface area (Å²) < 4.78 is 0.459. The number of amides is 1. The molecule has 0 atom stereocenters. The lowest BCUT2D eigenvalue weighted by Gasteiger charge is -2.17. The van der Waals surface area contributed by atoms with Gasteiger partial charge in [-0.05, 0) is 13.8 Å². The van der Waals surface area contributed by atoms with E-state index in [2.05, 4.69) is 10.6 Å². The minimum absolute atomic E-state index is 0.109. The predicted octanol–water partition coefficient (Wildman–Crippen LogP) is -0.192. The molecule has 0 aromatic carbocycles. The molecule has 0 fully saturated rings. The van der Waals surface area contributed by atoms with E-state index in [1.165, 1.54) is 19.0 Å². The Hall–Kier alpha value is -3.10. The number of pyridine rings is 1. The zero-order valence-corrected chi connectivity index (χ0v) is 13.9. The van der Waals surface area contributed by atoms with E-state index in [9.17, 15) is 24.4 Å². The molecule has 3 N–H and O–H groups in total. The van der Waals surface area contributed by atoms with Crippen molar-refractivity contribution in [2.75, 3.05) is 26.0 Å². The number of hydrogen-bond donors (Lipinski definition) is 3. The van der Waals surface area contributed by atoms with E-state index in [1.807, 2.05) is 0 Å². The van der Waals surface area contributed by atoms with Gasteiger partial charge in [0.1, 0.15) is 5.70 Å². The van der Waals surface area contributed by atoms with E-state index in [-0.39, 0.29) is 23.5 Å². The summed E-state index contributed by atoms with van der Waals surface area (Å²) in [5.74, 6) is -1.69. The summed E-state index contributed by atoms with van der Waals surface area (Å²) in [6.07, 6.45) is 0.109. The van der Waals surface area contributed by atoms with Crippen LogP contribution in [-0.2, 0) is 9.59 Å². The molecule has 0 saturated heterocycles. The number of anilines is 1. The highest BCUT2D eigenvalue weighted by Gasteiger charge is 2.19. The topological polar surface area (TPSA) is 121 Å². The van der Waals surface area contributed by atoms with Gasteiger partial charge in [-0.3, -0.25) is 19.2 Å². The number of allylic oxidation sites excluding steroid dienone is 2. The van der Waals surface area contributed by atoms with Crippen LogP contribution in [0.1, 0.15) is 24.3 Å². The fourth-order valence-corrected chi connectivity index (χ4v) is 1.91. The maximum atomic E-state index is 12.0. The van der Waals surface area contributed by atoms with Crippen LogP contribution in [-0.4, -0.2) is 53.5 Å². The molecule has 130 valence electrons. The van der Waals surface area contributed by atoms with Crippen molar-refractivity contribution in [1.29, 1.82) is 0 Å². The Balaban J connectivity index is 3.43. The molecule has 24 heavy (non-hydrogen) atoms. The molecule has 0 unspecified atom stereocenters. The molecular weight excluding hydrogens is 316 g/mol. The Morgan fingerprint density at radius 1 is 1.33 bits per heavy atom. The fourth-order valence-electron chi connectivity index (χ4n) is 1.91. The van der Waals surface area contributed by atoms with Gasteiger partial charge in [0, 0.05) is 38.5 Å². The zero-order chi connectivity index (χ0) is 18.4. The number of Topliss-reactive ketones (excluding diaryl/α,β-unsaturated/α-hetero) is 1. The molecule has 0 radical (unpaired) electrons. The van der Waals surface area contributed by atoms with Gasteiger partial charge in [0.2, 0.25) is 5.78 Å². The van der Waals surface area contributed by atoms with Crippen LogP contribution < -0.4 is 16.1 Å². The Bertz CT molecular complexity index is 749. The van der Waals surface area contributed by atoms with Crippen molar-refractivity contribution in [3.8, 4) is 0 Å². The van der Waals surface area contributed by atoms with Crippen molar-refractivity contribution < 1.29 is 19.6 Å². The predicted molar refractivity (Wildman–Crippen MR) is 87.0 cm³/mol. The monoisotopic (exact) mass is 336 g/mol. The van der Waals surface area contributed by atoms with Gasteiger partial charge < -0.3 is 20.7 Å². The van der Waals surface area contributed by atoms with E-state index in [0.717, 1.165) is 12.1 Å². The number of nitrogens with one attached hydrogen (secondary N) is 2. The maximum Gasteiger partial charge on any atom is 0.273 e. The van der Waals surface area contributed by atoms with Gasteiger partial charge >= 0.3 is 0 Å². The average Bonchev–Trinajstić information content (AvgIpc) is 2.53. The summed E-state index contributed by atoms with van der Waals surface area (Å²) in [6.45, 7) is 3.85. The number of hydrogen-bond acceptors (Lipinski definition) is 7. The second-order valence-electron chi connectivity index (χ2n) is 5.11. The van der Waals surface area contributed by atoms with Gasteiger partial charge in [-0.25, -0.2) is 0 Å². The van der Waals surface area contributed by atoms with Crippen LogP contribution in [0.25, 0.3) is 0 Å². The standard InChI is InChI=1S/C15H20N4O5/c1-5-16-9(2)14(12(22)8-20)17-13-7-10(21)6-11(19(13)24)15(23)18(3)4/h6-8,16-17,24H,5H2,1-4H3/b14-9-. The summed E-state index contributed by atoms with van der Waals surface area (Å²) >= 11 is 0. The van der Waals surface area contributed by atoms with Gasteiger partial charge in [0.05, 0.1) is 0 Å². The minimum atomic E-state index is -0.870. The second kappa shape index (κ2) is 7.95. The SMILES string of the molecule is CCN/C(C)=C(\Nc1cc(=O)cc(C(=O)N(C)C)n1O)C(=O)C=O. The number of aldehydes is 1. The van der Waals surface area contributed by atoms with Crippen molar-refractivity contribution in [2.24, 2.45) is 0 Å². The minimum Gasteiger partial charge on any atom is -0.426 e. The van der Waals surface area contributed by atoms with Crippen molar-refractivity contribution in [3.63, 3.8) is 0 Å². The fraction of sp³-hybridized carbons (Fsp3) is 0.333. The molecule has 0 saturated carbocycles. The van der Waals surface area contributed by atoms with Crippen LogP contribution in [0.3, 0.4) is 0 Å². The van der Waals surface area contributed by atoms with Crippen molar-refractivity contribution in [1.82, 2.24) is 14.9 Å². The van der Waals surface area contributed by atoms with E-state index in [0.29, 0.717) is 17.0 Å². The van der Waals surface area contributed by atoms with Crippen LogP contribution in [0.2, 0.25) is 0 Å². The number of nitrogens with zero attached hydrogens (tertiary/aromatic N) is 2. The van der Waals surface area contributed by atoms with Crippen LogP contribution in [0.5, 0.6) is 0 Å².